The van der Waals surface area contributed by atoms with Crippen molar-refractivity contribution in [3.05, 3.63) is 94.0 Å². The zero-order valence-electron chi connectivity index (χ0n) is 22.1. The van der Waals surface area contributed by atoms with Crippen LogP contribution in [0.25, 0.3) is 0 Å². The van der Waals surface area contributed by atoms with E-state index >= 15 is 0 Å². The van der Waals surface area contributed by atoms with Crippen LogP contribution >= 0.6 is 6.72 Å². The van der Waals surface area contributed by atoms with E-state index in [1.54, 1.807) is 7.11 Å². The monoisotopic (exact) mass is 576 g/mol. The Morgan fingerprint density at radius 3 is 2.46 bits per heavy atom. The average Bonchev–Trinajstić information content (AvgIpc) is 2.90. The Bertz CT molecular complexity index is 1260. The van der Waals surface area contributed by atoms with Gasteiger partial charge in [-0.15, -0.1) is 0 Å². The SMILES string of the molecule is COc1cccc(CCc2ccccc2OC[C@@H](CN(C)C)OCOP(O)(=S)Oc2ccc([N+](=O)[O-])cc2)c1. The number of rotatable bonds is 16. The molecule has 0 aliphatic carbocycles. The zero-order chi connectivity index (χ0) is 28.3. The van der Waals surface area contributed by atoms with Gasteiger partial charge in [0.05, 0.1) is 12.0 Å². The summed E-state index contributed by atoms with van der Waals surface area (Å²) in [6.45, 7) is -3.24. The van der Waals surface area contributed by atoms with Crippen LogP contribution < -0.4 is 14.0 Å². The number of nitrogens with zero attached hydrogens (tertiary/aromatic N) is 2. The van der Waals surface area contributed by atoms with Gasteiger partial charge in [-0.25, -0.2) is 0 Å². The Hall–Kier alpha value is -3.05. The Labute approximate surface area is 233 Å². The van der Waals surface area contributed by atoms with Gasteiger partial charge in [0, 0.05) is 30.5 Å². The topological polar surface area (TPSA) is 113 Å². The lowest BCUT2D eigenvalue weighted by Gasteiger charge is -2.24. The molecular weight excluding hydrogens is 543 g/mol. The quantitative estimate of drug-likeness (QED) is 0.108. The van der Waals surface area contributed by atoms with Gasteiger partial charge in [0.25, 0.3) is 5.69 Å². The molecule has 0 saturated heterocycles. The van der Waals surface area contributed by atoms with Crippen LogP contribution in [0.2, 0.25) is 0 Å². The minimum Gasteiger partial charge on any atom is -0.497 e. The van der Waals surface area contributed by atoms with Gasteiger partial charge in [-0.3, -0.25) is 14.6 Å². The van der Waals surface area contributed by atoms with Gasteiger partial charge in [-0.1, -0.05) is 30.3 Å². The van der Waals surface area contributed by atoms with Crippen molar-refractivity contribution in [3.8, 4) is 17.2 Å². The number of ether oxygens (including phenoxy) is 3. The highest BCUT2D eigenvalue weighted by Gasteiger charge is 2.20. The number of nitro groups is 1. The summed E-state index contributed by atoms with van der Waals surface area (Å²) >= 11 is 5.05. The van der Waals surface area contributed by atoms with E-state index in [1.165, 1.54) is 29.8 Å². The number of methoxy groups -OCH3 is 1. The largest absolute Gasteiger partial charge is 0.497 e. The molecule has 39 heavy (non-hydrogen) atoms. The van der Waals surface area contributed by atoms with Crippen molar-refractivity contribution in [3.63, 3.8) is 0 Å². The average molecular weight is 577 g/mol. The van der Waals surface area contributed by atoms with Crippen molar-refractivity contribution in [2.45, 2.75) is 18.9 Å². The lowest BCUT2D eigenvalue weighted by Crippen LogP contribution is -2.34. The van der Waals surface area contributed by atoms with Crippen LogP contribution in [0.1, 0.15) is 11.1 Å². The predicted molar refractivity (Wildman–Crippen MR) is 152 cm³/mol. The van der Waals surface area contributed by atoms with Crippen LogP contribution in [-0.2, 0) is 33.9 Å². The molecule has 0 radical (unpaired) electrons. The summed E-state index contributed by atoms with van der Waals surface area (Å²) in [5.41, 5.74) is 2.14. The second-order valence-electron chi connectivity index (χ2n) is 8.88. The van der Waals surface area contributed by atoms with Gasteiger partial charge in [0.15, 0.2) is 6.79 Å². The molecule has 0 aliphatic heterocycles. The van der Waals surface area contributed by atoms with Crippen molar-refractivity contribution in [1.82, 2.24) is 4.90 Å². The lowest BCUT2D eigenvalue weighted by atomic mass is 10.0. The number of likely N-dealkylation sites (N-methyl/N-ethyl adjacent to an activating group) is 1. The van der Waals surface area contributed by atoms with Crippen molar-refractivity contribution in [2.75, 3.05) is 41.1 Å². The normalized spacial score (nSPS) is 13.5. The molecule has 0 saturated carbocycles. The van der Waals surface area contributed by atoms with E-state index in [1.807, 2.05) is 61.5 Å². The van der Waals surface area contributed by atoms with Crippen LogP contribution in [0.15, 0.2) is 72.8 Å². The minimum absolute atomic E-state index is 0.105. The third kappa shape index (κ3) is 10.6. The van der Waals surface area contributed by atoms with Crippen molar-refractivity contribution in [1.29, 1.82) is 0 Å². The Kier molecular flexibility index (Phi) is 11.7. The molecule has 0 aliphatic rings. The van der Waals surface area contributed by atoms with E-state index < -0.39 is 11.6 Å². The summed E-state index contributed by atoms with van der Waals surface area (Å²) in [5.74, 6) is 1.75. The molecule has 0 heterocycles. The van der Waals surface area contributed by atoms with E-state index in [2.05, 4.69) is 6.07 Å². The van der Waals surface area contributed by atoms with Gasteiger partial charge < -0.3 is 28.5 Å². The molecule has 0 fully saturated rings. The van der Waals surface area contributed by atoms with Crippen molar-refractivity contribution >= 4 is 24.2 Å². The molecule has 2 atom stereocenters. The second-order valence-corrected chi connectivity index (χ2v) is 11.6. The summed E-state index contributed by atoms with van der Waals surface area (Å²) in [5, 5.41) is 10.8. The van der Waals surface area contributed by atoms with Gasteiger partial charge in [-0.05, 0) is 68.4 Å². The number of hydrogen-bond donors (Lipinski definition) is 1. The summed E-state index contributed by atoms with van der Waals surface area (Å²) < 4.78 is 27.9. The smallest absolute Gasteiger partial charge is 0.380 e. The number of hydrogen-bond acceptors (Lipinski definition) is 9. The molecule has 1 N–H and O–H groups in total. The molecule has 0 spiro atoms. The fourth-order valence-electron chi connectivity index (χ4n) is 3.68. The van der Waals surface area contributed by atoms with Crippen LogP contribution in [0, 0.1) is 10.1 Å². The van der Waals surface area contributed by atoms with Gasteiger partial charge in [0.2, 0.25) is 0 Å². The highest BCUT2D eigenvalue weighted by molar-refractivity contribution is 8.07. The highest BCUT2D eigenvalue weighted by atomic mass is 32.5. The van der Waals surface area contributed by atoms with Gasteiger partial charge in [0.1, 0.15) is 30.0 Å². The molecule has 1 unspecified atom stereocenters. The molecular formula is C27H33N2O8PS. The number of nitro benzene ring substituents is 1. The maximum Gasteiger partial charge on any atom is 0.380 e. The molecule has 3 rings (SSSR count). The van der Waals surface area contributed by atoms with Crippen LogP contribution in [0.4, 0.5) is 5.69 Å². The van der Waals surface area contributed by atoms with Crippen LogP contribution in [0.5, 0.6) is 17.2 Å². The fraction of sp³-hybridized carbons (Fsp3) is 0.333. The number of para-hydroxylation sites is 1. The summed E-state index contributed by atoms with van der Waals surface area (Å²) in [6, 6.07) is 21.0. The number of benzene rings is 3. The molecule has 0 bridgehead atoms. The first-order valence-electron chi connectivity index (χ1n) is 12.2. The van der Waals surface area contributed by atoms with Crippen molar-refractivity contribution < 1.29 is 33.1 Å². The first kappa shape index (κ1) is 30.5. The molecule has 12 heteroatoms. The standard InChI is InChI=1S/C27H33N2O8PS/c1-28(2)18-26(35-20-36-38(32,39)37-24-15-13-23(14-16-24)29(30)31)19-34-27-10-5-4-8-22(27)12-11-21-7-6-9-25(17-21)33-3/h4-10,13-17,26H,11-12,18-20H2,1-3H3,(H,32,39)/t26-,38?/m1/s1. The van der Waals surface area contributed by atoms with Crippen LogP contribution in [-0.4, -0.2) is 62.0 Å². The van der Waals surface area contributed by atoms with Crippen molar-refractivity contribution in [2.24, 2.45) is 0 Å². The highest BCUT2D eigenvalue weighted by Crippen LogP contribution is 2.44. The maximum atomic E-state index is 10.8. The third-order valence-electron chi connectivity index (χ3n) is 5.57. The number of aryl methyl sites for hydroxylation is 2. The van der Waals surface area contributed by atoms with E-state index in [0.29, 0.717) is 6.54 Å². The predicted octanol–water partition coefficient (Wildman–Crippen LogP) is 4.98. The summed E-state index contributed by atoms with van der Waals surface area (Å²) in [6.07, 6.45) is 1.23. The van der Waals surface area contributed by atoms with Gasteiger partial charge in [-0.2, -0.15) is 0 Å². The van der Waals surface area contributed by atoms with Crippen LogP contribution in [0.3, 0.4) is 0 Å². The molecule has 10 nitrogen and oxygen atoms in total. The fourth-order valence-corrected chi connectivity index (χ4v) is 4.71. The summed E-state index contributed by atoms with van der Waals surface area (Å²) in [7, 11) is 5.48. The maximum absolute atomic E-state index is 10.8. The lowest BCUT2D eigenvalue weighted by molar-refractivity contribution is -0.384. The molecule has 0 aromatic heterocycles. The first-order valence-corrected chi connectivity index (χ1v) is 14.8. The van der Waals surface area contributed by atoms with E-state index in [-0.39, 0.29) is 30.9 Å². The molecule has 3 aromatic carbocycles. The Morgan fingerprint density at radius 2 is 1.77 bits per heavy atom. The second kappa shape index (κ2) is 14.9. The summed E-state index contributed by atoms with van der Waals surface area (Å²) in [4.78, 5) is 22.6. The third-order valence-corrected chi connectivity index (χ3v) is 6.98. The Balaban J connectivity index is 1.54. The van der Waals surface area contributed by atoms with Gasteiger partial charge >= 0.3 is 6.72 Å². The molecule has 210 valence electrons. The van der Waals surface area contributed by atoms with E-state index in [0.717, 1.165) is 29.9 Å². The molecule has 0 amide bonds. The van der Waals surface area contributed by atoms with E-state index in [9.17, 15) is 15.0 Å². The number of non-ortho nitro benzene ring substituents is 1. The first-order chi connectivity index (χ1) is 18.6. The van der Waals surface area contributed by atoms with E-state index in [4.69, 9.17) is 35.1 Å². The minimum atomic E-state index is -3.70. The molecule has 3 aromatic rings. The zero-order valence-corrected chi connectivity index (χ0v) is 23.8. The Morgan fingerprint density at radius 1 is 1.03 bits per heavy atom.